The predicted octanol–water partition coefficient (Wildman–Crippen LogP) is 1.69. The Labute approximate surface area is 186 Å². The van der Waals surface area contributed by atoms with Crippen molar-refractivity contribution >= 4 is 23.5 Å². The molecule has 2 fully saturated rings. The van der Waals surface area contributed by atoms with E-state index in [4.69, 9.17) is 4.74 Å². The quantitative estimate of drug-likeness (QED) is 0.605. The largest absolute Gasteiger partial charge is 0.378 e. The number of aryl methyl sites for hydroxylation is 2. The van der Waals surface area contributed by atoms with Crippen molar-refractivity contribution in [3.63, 3.8) is 0 Å². The molecule has 9 heteroatoms. The Bertz CT molecular complexity index is 1070. The molecule has 0 unspecified atom stereocenters. The molecular weight excluding hydrogens is 410 g/mol. The van der Waals surface area contributed by atoms with Gasteiger partial charge in [0.25, 0.3) is 11.5 Å². The van der Waals surface area contributed by atoms with Gasteiger partial charge in [0, 0.05) is 48.1 Å². The van der Waals surface area contributed by atoms with Crippen LogP contribution in [-0.4, -0.2) is 54.1 Å². The van der Waals surface area contributed by atoms with Gasteiger partial charge < -0.3 is 20.3 Å². The molecule has 1 saturated carbocycles. The van der Waals surface area contributed by atoms with Gasteiger partial charge >= 0.3 is 0 Å². The Morgan fingerprint density at radius 2 is 1.97 bits per heavy atom. The third kappa shape index (κ3) is 5.34. The number of carbonyl (C=O) groups is 2. The first-order valence-electron chi connectivity index (χ1n) is 11.0. The summed E-state index contributed by atoms with van der Waals surface area (Å²) in [5.74, 6) is 0.196. The fourth-order valence-electron chi connectivity index (χ4n) is 3.66. The highest BCUT2D eigenvalue weighted by Crippen LogP contribution is 2.21. The van der Waals surface area contributed by atoms with E-state index < -0.39 is 0 Å². The van der Waals surface area contributed by atoms with Gasteiger partial charge in [-0.05, 0) is 50.8 Å². The Morgan fingerprint density at radius 1 is 1.22 bits per heavy atom. The third-order valence-corrected chi connectivity index (χ3v) is 5.81. The molecule has 3 N–H and O–H groups in total. The van der Waals surface area contributed by atoms with Crippen molar-refractivity contribution in [2.75, 3.05) is 36.5 Å². The lowest BCUT2D eigenvalue weighted by Gasteiger charge is -2.27. The van der Waals surface area contributed by atoms with Crippen LogP contribution in [0.25, 0.3) is 0 Å². The molecule has 1 aliphatic carbocycles. The van der Waals surface area contributed by atoms with Crippen molar-refractivity contribution in [1.82, 2.24) is 15.3 Å². The number of hydrogen-bond donors (Lipinski definition) is 3. The first kappa shape index (κ1) is 22.0. The third-order valence-electron chi connectivity index (χ3n) is 5.81. The summed E-state index contributed by atoms with van der Waals surface area (Å²) in [6.07, 6.45) is 2.45. The lowest BCUT2D eigenvalue weighted by atomic mass is 10.1. The fraction of sp³-hybridized carbons (Fsp3) is 0.478. The average molecular weight is 440 g/mol. The van der Waals surface area contributed by atoms with E-state index >= 15 is 0 Å². The van der Waals surface area contributed by atoms with Gasteiger partial charge in [0.2, 0.25) is 11.9 Å². The minimum atomic E-state index is -0.221. The minimum Gasteiger partial charge on any atom is -0.378 e. The summed E-state index contributed by atoms with van der Waals surface area (Å²) in [6, 6.07) is 5.54. The summed E-state index contributed by atoms with van der Waals surface area (Å²) < 4.78 is 5.34. The van der Waals surface area contributed by atoms with E-state index in [9.17, 15) is 14.4 Å². The summed E-state index contributed by atoms with van der Waals surface area (Å²) in [6.45, 7) is 6.24. The Balaban J connectivity index is 1.38. The number of hydrogen-bond acceptors (Lipinski definition) is 6. The predicted molar refractivity (Wildman–Crippen MR) is 121 cm³/mol. The van der Waals surface area contributed by atoms with Crippen molar-refractivity contribution in [3.05, 3.63) is 50.9 Å². The molecule has 0 atom stereocenters. The van der Waals surface area contributed by atoms with E-state index in [1.807, 2.05) is 17.9 Å². The molecule has 9 nitrogen and oxygen atoms in total. The summed E-state index contributed by atoms with van der Waals surface area (Å²) in [4.78, 5) is 46.8. The molecule has 4 rings (SSSR count). The van der Waals surface area contributed by atoms with Crippen LogP contribution in [0, 0.1) is 13.8 Å². The van der Waals surface area contributed by atoms with Gasteiger partial charge in [-0.3, -0.25) is 19.4 Å². The molecule has 2 heterocycles. The topological polar surface area (TPSA) is 116 Å². The Kier molecular flexibility index (Phi) is 6.55. The van der Waals surface area contributed by atoms with Crippen LogP contribution in [0.15, 0.2) is 23.0 Å². The first-order valence-corrected chi connectivity index (χ1v) is 11.0. The van der Waals surface area contributed by atoms with Gasteiger partial charge in [0.1, 0.15) is 0 Å². The molecule has 1 saturated heterocycles. The number of rotatable bonds is 7. The SMILES string of the molecule is Cc1ccc(C(=O)NC2CC2)cc1NC(=O)CCc1c(C)nc(N2CCOCC2)[nH]c1=O. The molecule has 2 aliphatic rings. The zero-order valence-corrected chi connectivity index (χ0v) is 18.5. The lowest BCUT2D eigenvalue weighted by molar-refractivity contribution is -0.116. The van der Waals surface area contributed by atoms with Crippen LogP contribution in [0.2, 0.25) is 0 Å². The van der Waals surface area contributed by atoms with E-state index in [-0.39, 0.29) is 36.3 Å². The van der Waals surface area contributed by atoms with Crippen LogP contribution in [0.4, 0.5) is 11.6 Å². The fourth-order valence-corrected chi connectivity index (χ4v) is 3.66. The van der Waals surface area contributed by atoms with Gasteiger partial charge in [-0.1, -0.05) is 6.07 Å². The van der Waals surface area contributed by atoms with E-state index in [0.717, 1.165) is 18.4 Å². The maximum Gasteiger partial charge on any atom is 0.255 e. The number of morpholine rings is 1. The molecule has 1 aromatic carbocycles. The number of benzene rings is 1. The van der Waals surface area contributed by atoms with Crippen LogP contribution >= 0.6 is 0 Å². The second-order valence-electron chi connectivity index (χ2n) is 8.38. The summed E-state index contributed by atoms with van der Waals surface area (Å²) in [5, 5.41) is 5.82. The smallest absolute Gasteiger partial charge is 0.255 e. The number of carbonyl (C=O) groups excluding carboxylic acids is 2. The standard InChI is InChI=1S/C23H29N5O4/c1-14-3-4-16(21(30)25-17-5-6-17)13-19(14)26-20(29)8-7-18-15(2)24-23(27-22(18)31)28-9-11-32-12-10-28/h3-4,13,17H,5-12H2,1-2H3,(H,25,30)(H,26,29)(H,24,27,31). The van der Waals surface area contributed by atoms with Crippen LogP contribution < -0.4 is 21.1 Å². The lowest BCUT2D eigenvalue weighted by Crippen LogP contribution is -2.38. The van der Waals surface area contributed by atoms with E-state index in [0.29, 0.717) is 54.8 Å². The highest BCUT2D eigenvalue weighted by molar-refractivity contribution is 5.98. The van der Waals surface area contributed by atoms with E-state index in [2.05, 4.69) is 20.6 Å². The second kappa shape index (κ2) is 9.52. The second-order valence-corrected chi connectivity index (χ2v) is 8.38. The van der Waals surface area contributed by atoms with Gasteiger partial charge in [0.05, 0.1) is 13.2 Å². The molecule has 170 valence electrons. The maximum absolute atomic E-state index is 12.6. The molecule has 0 radical (unpaired) electrons. The summed E-state index contributed by atoms with van der Waals surface area (Å²) in [5.41, 5.74) is 2.90. The zero-order chi connectivity index (χ0) is 22.7. The minimum absolute atomic E-state index is 0.128. The molecule has 0 spiro atoms. The van der Waals surface area contributed by atoms with E-state index in [1.165, 1.54) is 0 Å². The number of H-pyrrole nitrogens is 1. The number of nitrogens with zero attached hydrogens (tertiary/aromatic N) is 2. The molecule has 1 aromatic heterocycles. The van der Waals surface area contributed by atoms with E-state index in [1.54, 1.807) is 19.1 Å². The molecular formula is C23H29N5O4. The molecule has 0 bridgehead atoms. The van der Waals surface area contributed by atoms with Gasteiger partial charge in [-0.25, -0.2) is 4.98 Å². The summed E-state index contributed by atoms with van der Waals surface area (Å²) in [7, 11) is 0. The molecule has 2 amide bonds. The maximum atomic E-state index is 12.6. The average Bonchev–Trinajstić information content (AvgIpc) is 3.59. The van der Waals surface area contributed by atoms with Crippen LogP contribution in [-0.2, 0) is 16.0 Å². The number of ether oxygens (including phenoxy) is 1. The monoisotopic (exact) mass is 439 g/mol. The normalized spacial score (nSPS) is 16.0. The number of amides is 2. The zero-order valence-electron chi connectivity index (χ0n) is 18.5. The van der Waals surface area contributed by atoms with Crippen molar-refractivity contribution in [2.24, 2.45) is 0 Å². The number of nitrogens with one attached hydrogen (secondary N) is 3. The highest BCUT2D eigenvalue weighted by atomic mass is 16.5. The van der Waals surface area contributed by atoms with Crippen molar-refractivity contribution in [3.8, 4) is 0 Å². The first-order chi connectivity index (χ1) is 15.4. The molecule has 2 aromatic rings. The van der Waals surface area contributed by atoms with Crippen molar-refractivity contribution < 1.29 is 14.3 Å². The van der Waals surface area contributed by atoms with Crippen molar-refractivity contribution in [1.29, 1.82) is 0 Å². The van der Waals surface area contributed by atoms with Crippen molar-refractivity contribution in [2.45, 2.75) is 45.6 Å². The Hall–Kier alpha value is -3.20. The Morgan fingerprint density at radius 3 is 2.66 bits per heavy atom. The number of aromatic nitrogens is 2. The number of anilines is 2. The van der Waals surface area contributed by atoms with Gasteiger partial charge in [-0.15, -0.1) is 0 Å². The van der Waals surface area contributed by atoms with Crippen LogP contribution in [0.3, 0.4) is 0 Å². The van der Waals surface area contributed by atoms with Crippen LogP contribution in [0.1, 0.15) is 46.4 Å². The highest BCUT2D eigenvalue weighted by Gasteiger charge is 2.24. The molecule has 32 heavy (non-hydrogen) atoms. The number of aromatic amines is 1. The van der Waals surface area contributed by atoms with Gasteiger partial charge in [0.15, 0.2) is 0 Å². The van der Waals surface area contributed by atoms with Crippen LogP contribution in [0.5, 0.6) is 0 Å². The summed E-state index contributed by atoms with van der Waals surface area (Å²) >= 11 is 0. The van der Waals surface area contributed by atoms with Gasteiger partial charge in [-0.2, -0.15) is 0 Å². The molecule has 1 aliphatic heterocycles.